The molecule has 4 nitrogen and oxygen atoms in total. The van der Waals surface area contributed by atoms with Gasteiger partial charge in [0.05, 0.1) is 18.3 Å². The van der Waals surface area contributed by atoms with Crippen LogP contribution in [0.2, 0.25) is 5.02 Å². The molecule has 1 heterocycles. The van der Waals surface area contributed by atoms with Crippen LogP contribution in [0.5, 0.6) is 0 Å². The van der Waals surface area contributed by atoms with Crippen LogP contribution in [-0.4, -0.2) is 21.4 Å². The van der Waals surface area contributed by atoms with Gasteiger partial charge in [-0.3, -0.25) is 4.79 Å². The molecule has 0 amide bonds. The Kier molecular flexibility index (Phi) is 12.0. The third-order valence-corrected chi connectivity index (χ3v) is 2.73. The van der Waals surface area contributed by atoms with E-state index in [0.717, 1.165) is 0 Å². The van der Waals surface area contributed by atoms with Gasteiger partial charge in [0, 0.05) is 39.2 Å². The Morgan fingerprint density at radius 2 is 1.88 bits per heavy atom. The molecule has 0 saturated heterocycles. The number of esters is 1. The van der Waals surface area contributed by atoms with E-state index >= 15 is 0 Å². The standard InChI is InChI=1S/C15H16ClFN2O2.C2H6.CH3.Ta/c1-15(2,3)21-14(20)4-10-8-18-19(9-10)13-6-11(16)5-12(17)7-13;1-2;;/h5-9H,4H2,1-3H3;1-2H3;1H3;/q;;-1;. The molecular weight excluding hydrogens is 512 g/mol. The summed E-state index contributed by atoms with van der Waals surface area (Å²) in [6.45, 7) is 9.43. The van der Waals surface area contributed by atoms with Crippen LogP contribution in [0.3, 0.4) is 0 Å². The number of carbonyl (C=O) groups is 1. The summed E-state index contributed by atoms with van der Waals surface area (Å²) < 4.78 is 20.0. The summed E-state index contributed by atoms with van der Waals surface area (Å²) in [6.07, 6.45) is 3.30. The van der Waals surface area contributed by atoms with Gasteiger partial charge < -0.3 is 12.2 Å². The van der Waals surface area contributed by atoms with E-state index in [1.165, 1.54) is 16.8 Å². The van der Waals surface area contributed by atoms with Crippen molar-refractivity contribution in [1.29, 1.82) is 0 Å². The molecule has 0 N–H and O–H groups in total. The van der Waals surface area contributed by atoms with Gasteiger partial charge in [0.2, 0.25) is 0 Å². The molecule has 0 aliphatic rings. The molecule has 0 atom stereocenters. The normalized spacial score (nSPS) is 9.88. The predicted molar refractivity (Wildman–Crippen MR) is 95.8 cm³/mol. The fourth-order valence-electron chi connectivity index (χ4n) is 1.81. The van der Waals surface area contributed by atoms with Crippen LogP contribution in [0.15, 0.2) is 30.6 Å². The summed E-state index contributed by atoms with van der Waals surface area (Å²) in [4.78, 5) is 11.7. The molecule has 25 heavy (non-hydrogen) atoms. The number of benzene rings is 1. The van der Waals surface area contributed by atoms with Crippen LogP contribution < -0.4 is 0 Å². The Balaban J connectivity index is 0. The van der Waals surface area contributed by atoms with Crippen molar-refractivity contribution >= 4 is 17.6 Å². The summed E-state index contributed by atoms with van der Waals surface area (Å²) in [5.41, 5.74) is 0.656. The van der Waals surface area contributed by atoms with Gasteiger partial charge in [0.1, 0.15) is 11.4 Å². The third-order valence-electron chi connectivity index (χ3n) is 2.52. The van der Waals surface area contributed by atoms with Crippen LogP contribution in [0.1, 0.15) is 40.2 Å². The maximum Gasteiger partial charge on any atom is 0.310 e. The molecule has 0 aliphatic carbocycles. The number of hydrogen-bond donors (Lipinski definition) is 0. The van der Waals surface area contributed by atoms with E-state index in [0.29, 0.717) is 11.3 Å². The third kappa shape index (κ3) is 9.21. The first-order chi connectivity index (χ1) is 10.7. The Bertz CT molecular complexity index is 649. The zero-order valence-corrected chi connectivity index (χ0v) is 19.5. The minimum absolute atomic E-state index is 0. The summed E-state index contributed by atoms with van der Waals surface area (Å²) in [5, 5.41) is 4.39. The monoisotopic (exact) mass is 536 g/mol. The molecule has 0 unspecified atom stereocenters. The maximum atomic E-state index is 13.3. The molecule has 1 aromatic heterocycles. The van der Waals surface area contributed by atoms with Gasteiger partial charge in [-0.2, -0.15) is 5.10 Å². The van der Waals surface area contributed by atoms with Crippen molar-refractivity contribution in [1.82, 2.24) is 9.78 Å². The summed E-state index contributed by atoms with van der Waals surface area (Å²) in [6, 6.07) is 4.13. The van der Waals surface area contributed by atoms with E-state index in [4.69, 9.17) is 16.3 Å². The summed E-state index contributed by atoms with van der Waals surface area (Å²) in [5.74, 6) is -0.777. The number of carbonyl (C=O) groups excluding carboxylic acids is 1. The zero-order valence-electron chi connectivity index (χ0n) is 15.5. The topological polar surface area (TPSA) is 44.1 Å². The van der Waals surface area contributed by atoms with E-state index in [1.807, 2.05) is 34.6 Å². The van der Waals surface area contributed by atoms with Crippen molar-refractivity contribution in [2.75, 3.05) is 0 Å². The number of hydrogen-bond acceptors (Lipinski definition) is 3. The Morgan fingerprint density at radius 3 is 2.40 bits per heavy atom. The minimum atomic E-state index is -0.525. The van der Waals surface area contributed by atoms with E-state index < -0.39 is 11.4 Å². The molecule has 0 spiro atoms. The van der Waals surface area contributed by atoms with Crippen molar-refractivity contribution in [3.05, 3.63) is 54.4 Å². The summed E-state index contributed by atoms with van der Waals surface area (Å²) in [7, 11) is 0. The second-order valence-corrected chi connectivity index (χ2v) is 6.12. The largest absolute Gasteiger partial charge is 0.460 e. The number of rotatable bonds is 3. The molecule has 1 radical (unpaired) electrons. The van der Waals surface area contributed by atoms with Gasteiger partial charge in [-0.15, -0.1) is 0 Å². The average molecular weight is 537 g/mol. The number of halogens is 2. The molecular formula is C18H25ClFN2O2Ta-. The van der Waals surface area contributed by atoms with Crippen molar-refractivity contribution in [3.63, 3.8) is 0 Å². The number of ether oxygens (including phenoxy) is 1. The first-order valence-corrected chi connectivity index (χ1v) is 7.82. The van der Waals surface area contributed by atoms with Crippen LogP contribution in [0.25, 0.3) is 5.69 Å². The van der Waals surface area contributed by atoms with Crippen LogP contribution in [0.4, 0.5) is 4.39 Å². The number of aromatic nitrogens is 2. The van der Waals surface area contributed by atoms with Crippen LogP contribution >= 0.6 is 11.6 Å². The average Bonchev–Trinajstić information content (AvgIpc) is 2.86. The zero-order chi connectivity index (χ0) is 17.6. The van der Waals surface area contributed by atoms with Crippen LogP contribution in [-0.2, 0) is 38.3 Å². The minimum Gasteiger partial charge on any atom is -0.460 e. The van der Waals surface area contributed by atoms with Crippen LogP contribution in [0, 0.1) is 13.2 Å². The van der Waals surface area contributed by atoms with E-state index in [1.54, 1.807) is 18.5 Å². The van der Waals surface area contributed by atoms with Gasteiger partial charge >= 0.3 is 5.97 Å². The van der Waals surface area contributed by atoms with E-state index in [9.17, 15) is 9.18 Å². The smallest absolute Gasteiger partial charge is 0.310 e. The van der Waals surface area contributed by atoms with Gasteiger partial charge in [-0.1, -0.05) is 25.4 Å². The Hall–Kier alpha value is -1.14. The molecule has 1 aromatic carbocycles. The molecule has 0 saturated carbocycles. The Labute approximate surface area is 170 Å². The molecule has 2 rings (SSSR count). The van der Waals surface area contributed by atoms with Gasteiger partial charge in [-0.05, 0) is 39.0 Å². The molecule has 139 valence electrons. The second kappa shape index (κ2) is 11.5. The molecule has 0 bridgehead atoms. The van der Waals surface area contributed by atoms with Crippen molar-refractivity contribution in [2.45, 2.75) is 46.6 Å². The van der Waals surface area contributed by atoms with Crippen molar-refractivity contribution in [3.8, 4) is 5.69 Å². The first kappa shape index (κ1) is 26.1. The fourth-order valence-corrected chi connectivity index (χ4v) is 2.02. The van der Waals surface area contributed by atoms with E-state index in [-0.39, 0.29) is 47.2 Å². The van der Waals surface area contributed by atoms with Gasteiger partial charge in [-0.25, -0.2) is 9.07 Å². The molecule has 0 fully saturated rings. The maximum absolute atomic E-state index is 13.3. The Morgan fingerprint density at radius 1 is 1.28 bits per heavy atom. The van der Waals surface area contributed by atoms with Gasteiger partial charge in [0.15, 0.2) is 0 Å². The molecule has 7 heteroatoms. The predicted octanol–water partition coefficient (Wildman–Crippen LogP) is 5.02. The second-order valence-electron chi connectivity index (χ2n) is 5.68. The van der Waals surface area contributed by atoms with Gasteiger partial charge in [0.25, 0.3) is 0 Å². The van der Waals surface area contributed by atoms with E-state index in [2.05, 4.69) is 5.10 Å². The molecule has 2 aromatic rings. The molecule has 0 aliphatic heterocycles. The fraction of sp³-hybridized carbons (Fsp3) is 0.389. The summed E-state index contributed by atoms with van der Waals surface area (Å²) >= 11 is 5.81. The number of nitrogens with zero attached hydrogens (tertiary/aromatic N) is 2. The quantitative estimate of drug-likeness (QED) is 0.409. The van der Waals surface area contributed by atoms with Crippen molar-refractivity contribution in [2.24, 2.45) is 0 Å². The SMILES string of the molecule is CC.CC(C)(C)OC(=O)Cc1cnn(-c2cc(F)cc(Cl)c2)c1.[CH3-].[Ta]. The van der Waals surface area contributed by atoms with Crippen molar-refractivity contribution < 1.29 is 36.3 Å². The first-order valence-electron chi connectivity index (χ1n) is 7.45.